The lowest BCUT2D eigenvalue weighted by molar-refractivity contribution is 0.460. The molecule has 0 atom stereocenters. The van der Waals surface area contributed by atoms with Crippen molar-refractivity contribution in [1.82, 2.24) is 18.7 Å². The van der Waals surface area contributed by atoms with E-state index in [9.17, 15) is 8.42 Å². The molecule has 0 spiro atoms. The van der Waals surface area contributed by atoms with Crippen LogP contribution in [0.3, 0.4) is 0 Å². The highest BCUT2D eigenvalue weighted by Crippen LogP contribution is 2.42. The van der Waals surface area contributed by atoms with Crippen molar-refractivity contribution in [3.63, 3.8) is 0 Å². The molecule has 0 N–H and O–H groups in total. The summed E-state index contributed by atoms with van der Waals surface area (Å²) in [6.45, 7) is 0. The summed E-state index contributed by atoms with van der Waals surface area (Å²) in [5.41, 5.74) is 4.14. The van der Waals surface area contributed by atoms with Crippen LogP contribution in [0.15, 0.2) is 197 Å². The molecule has 8 aromatic rings. The third-order valence-corrected chi connectivity index (χ3v) is 11.3. The van der Waals surface area contributed by atoms with Gasteiger partial charge in [0.25, 0.3) is 10.0 Å². The van der Waals surface area contributed by atoms with Crippen molar-refractivity contribution in [2.45, 2.75) is 20.2 Å². The summed E-state index contributed by atoms with van der Waals surface area (Å²) in [4.78, 5) is 6.90. The number of benzene rings is 5. The number of nitrogens with zero attached hydrogens (tertiary/aromatic N) is 4. The van der Waals surface area contributed by atoms with Crippen LogP contribution in [0.5, 0.6) is 0 Å². The highest BCUT2D eigenvalue weighted by molar-refractivity contribution is 7.99. The topological polar surface area (TPSA) is 69.8 Å². The fourth-order valence-electron chi connectivity index (χ4n) is 6.44. The summed E-state index contributed by atoms with van der Waals surface area (Å²) >= 11 is 1.58. The van der Waals surface area contributed by atoms with Gasteiger partial charge in [0.2, 0.25) is 0 Å². The predicted octanol–water partition coefficient (Wildman–Crippen LogP) is 9.13. The second kappa shape index (κ2) is 12.7. The Morgan fingerprint density at radius 3 is 1.63 bits per heavy atom. The maximum Gasteiger partial charge on any atom is 0.269 e. The average Bonchev–Trinajstić information content (AvgIpc) is 3.80. The van der Waals surface area contributed by atoms with Crippen LogP contribution in [-0.2, 0) is 15.6 Å². The fraction of sp³-hybridized carbons (Fsp3) is 0.0244. The van der Waals surface area contributed by atoms with Gasteiger partial charge in [-0.1, -0.05) is 139 Å². The quantitative estimate of drug-likeness (QED) is 0.143. The van der Waals surface area contributed by atoms with Crippen LogP contribution in [0.25, 0.3) is 22.2 Å². The smallest absolute Gasteiger partial charge is 0.252 e. The summed E-state index contributed by atoms with van der Waals surface area (Å²) < 4.78 is 31.5. The molecule has 0 amide bonds. The lowest BCUT2D eigenvalue weighted by Crippen LogP contribution is -2.38. The molecule has 0 saturated heterocycles. The maximum atomic E-state index is 14.1. The van der Waals surface area contributed by atoms with E-state index in [2.05, 4.69) is 36.4 Å². The normalized spacial score (nSPS) is 11.9. The van der Waals surface area contributed by atoms with E-state index in [1.807, 2.05) is 108 Å². The first-order chi connectivity index (χ1) is 24.0. The number of hydrogen-bond donors (Lipinski definition) is 0. The number of hydrogen-bond acceptors (Lipinski definition) is 5. The third-order valence-electron chi connectivity index (χ3n) is 8.68. The van der Waals surface area contributed by atoms with E-state index in [-0.39, 0.29) is 4.90 Å². The fourth-order valence-corrected chi connectivity index (χ4v) is 8.63. The maximum absolute atomic E-state index is 14.1. The zero-order valence-electron chi connectivity index (χ0n) is 26.2. The van der Waals surface area contributed by atoms with Gasteiger partial charge >= 0.3 is 0 Å². The van der Waals surface area contributed by atoms with Crippen molar-refractivity contribution in [1.29, 1.82) is 0 Å². The Labute approximate surface area is 289 Å². The molecule has 0 unspecified atom stereocenters. The van der Waals surface area contributed by atoms with Crippen LogP contribution in [0.2, 0.25) is 0 Å². The van der Waals surface area contributed by atoms with Crippen LogP contribution >= 0.6 is 11.8 Å². The number of pyridine rings is 1. The molecule has 0 aliphatic carbocycles. The highest BCUT2D eigenvalue weighted by atomic mass is 32.2. The molecular formula is C41H30N4O2S2. The zero-order chi connectivity index (χ0) is 33.3. The molecule has 3 heterocycles. The van der Waals surface area contributed by atoms with Crippen molar-refractivity contribution in [2.24, 2.45) is 0 Å². The van der Waals surface area contributed by atoms with E-state index in [0.717, 1.165) is 32.0 Å². The van der Waals surface area contributed by atoms with Gasteiger partial charge in [0, 0.05) is 44.9 Å². The third kappa shape index (κ3) is 5.45. The Bertz CT molecular complexity index is 2370. The largest absolute Gasteiger partial charge is 0.269 e. The number of fused-ring (bicyclic) bond motifs is 1. The SMILES string of the molecule is O=S(=O)(c1ccccc1)n1cc(-c2cnn(C(c3ccccc3)(c3ccccc3)c3ccccc3)c2)c2cc(Sc3ccccc3)cnc21. The molecule has 0 radical (unpaired) electrons. The summed E-state index contributed by atoms with van der Waals surface area (Å²) in [6.07, 6.45) is 7.23. The van der Waals surface area contributed by atoms with Gasteiger partial charge in [0.1, 0.15) is 5.54 Å². The van der Waals surface area contributed by atoms with Crippen molar-refractivity contribution in [3.05, 3.63) is 199 Å². The Kier molecular flexibility index (Phi) is 7.95. The van der Waals surface area contributed by atoms with Gasteiger partial charge < -0.3 is 0 Å². The second-order valence-electron chi connectivity index (χ2n) is 11.6. The van der Waals surface area contributed by atoms with Crippen molar-refractivity contribution in [3.8, 4) is 11.1 Å². The van der Waals surface area contributed by atoms with Gasteiger partial charge in [-0.2, -0.15) is 5.10 Å². The van der Waals surface area contributed by atoms with E-state index in [4.69, 9.17) is 10.1 Å². The summed E-state index contributed by atoms with van der Waals surface area (Å²) in [7, 11) is -3.95. The van der Waals surface area contributed by atoms with Crippen LogP contribution in [0.1, 0.15) is 16.7 Å². The number of rotatable bonds is 9. The van der Waals surface area contributed by atoms with Gasteiger partial charge in [-0.3, -0.25) is 4.68 Å². The molecule has 8 heteroatoms. The van der Waals surface area contributed by atoms with Gasteiger partial charge in [0.15, 0.2) is 5.65 Å². The predicted molar refractivity (Wildman–Crippen MR) is 195 cm³/mol. The molecule has 0 bridgehead atoms. The van der Waals surface area contributed by atoms with E-state index in [1.165, 1.54) is 3.97 Å². The minimum absolute atomic E-state index is 0.190. The molecule has 0 aliphatic heterocycles. The molecule has 5 aromatic carbocycles. The van der Waals surface area contributed by atoms with E-state index in [0.29, 0.717) is 16.6 Å². The molecule has 3 aromatic heterocycles. The molecule has 0 saturated carbocycles. The van der Waals surface area contributed by atoms with E-state index >= 15 is 0 Å². The molecule has 0 fully saturated rings. The van der Waals surface area contributed by atoms with Crippen molar-refractivity contribution in [2.75, 3.05) is 0 Å². The lowest BCUT2D eigenvalue weighted by Gasteiger charge is -2.36. The molecule has 49 heavy (non-hydrogen) atoms. The molecule has 0 aliphatic rings. The van der Waals surface area contributed by atoms with Crippen LogP contribution in [0, 0.1) is 0 Å². The Balaban J connectivity index is 1.36. The highest BCUT2D eigenvalue weighted by Gasteiger charge is 2.39. The number of aromatic nitrogens is 4. The van der Waals surface area contributed by atoms with Gasteiger partial charge in [-0.15, -0.1) is 0 Å². The molecule has 6 nitrogen and oxygen atoms in total. The minimum Gasteiger partial charge on any atom is -0.252 e. The Morgan fingerprint density at radius 1 is 0.571 bits per heavy atom. The first kappa shape index (κ1) is 30.6. The first-order valence-corrected chi connectivity index (χ1v) is 18.1. The lowest BCUT2D eigenvalue weighted by atomic mass is 9.77. The first-order valence-electron chi connectivity index (χ1n) is 15.8. The van der Waals surface area contributed by atoms with Crippen molar-refractivity contribution >= 4 is 32.8 Å². The monoisotopic (exact) mass is 674 g/mol. The van der Waals surface area contributed by atoms with Gasteiger partial charge in [-0.05, 0) is 47.0 Å². The summed E-state index contributed by atoms with van der Waals surface area (Å²) in [6, 6.07) is 51.6. The zero-order valence-corrected chi connectivity index (χ0v) is 27.9. The Hall–Kier alpha value is -5.70. The van der Waals surface area contributed by atoms with Crippen LogP contribution in [-0.4, -0.2) is 27.2 Å². The standard InChI is InChI=1S/C41H30N4O2S2/c46-49(47,37-24-14-5-15-25-37)44-30-39(38-26-36(28-42-40(38)44)48-35-22-12-4-13-23-35)31-27-43-45(29-31)41(32-16-6-1-7-17-32,33-18-8-2-9-19-33)34-20-10-3-11-21-34/h1-30H. The second-order valence-corrected chi connectivity index (χ2v) is 14.6. The molecule has 8 rings (SSSR count). The van der Waals surface area contributed by atoms with Crippen LogP contribution in [0.4, 0.5) is 0 Å². The summed E-state index contributed by atoms with van der Waals surface area (Å²) in [5, 5.41) is 5.77. The molecular weight excluding hydrogens is 645 g/mol. The Morgan fingerprint density at radius 2 is 1.08 bits per heavy atom. The van der Waals surface area contributed by atoms with E-state index < -0.39 is 15.6 Å². The van der Waals surface area contributed by atoms with Gasteiger partial charge in [0.05, 0.1) is 11.1 Å². The van der Waals surface area contributed by atoms with E-state index in [1.54, 1.807) is 54.5 Å². The van der Waals surface area contributed by atoms with Gasteiger partial charge in [-0.25, -0.2) is 17.4 Å². The van der Waals surface area contributed by atoms with Crippen LogP contribution < -0.4 is 0 Å². The van der Waals surface area contributed by atoms with Crippen molar-refractivity contribution < 1.29 is 8.42 Å². The molecule has 238 valence electrons. The minimum atomic E-state index is -3.95. The summed E-state index contributed by atoms with van der Waals surface area (Å²) in [5.74, 6) is 0. The average molecular weight is 675 g/mol.